The minimum absolute atomic E-state index is 0.0527. The van der Waals surface area contributed by atoms with Crippen molar-refractivity contribution in [3.8, 4) is 5.75 Å². The molecule has 34 heavy (non-hydrogen) atoms. The van der Waals surface area contributed by atoms with E-state index in [2.05, 4.69) is 15.2 Å². The molecule has 1 saturated heterocycles. The Morgan fingerprint density at radius 3 is 2.85 bits per heavy atom. The molecule has 2 aromatic rings. The van der Waals surface area contributed by atoms with Crippen molar-refractivity contribution in [3.05, 3.63) is 51.6 Å². The van der Waals surface area contributed by atoms with E-state index in [4.69, 9.17) is 9.47 Å². The fourth-order valence-corrected chi connectivity index (χ4v) is 5.55. The van der Waals surface area contributed by atoms with Crippen LogP contribution < -0.4 is 15.7 Å². The Hall–Kier alpha value is -2.36. The van der Waals surface area contributed by atoms with Gasteiger partial charge in [0.1, 0.15) is 10.8 Å². The maximum atomic E-state index is 12.8. The summed E-state index contributed by atoms with van der Waals surface area (Å²) in [4.78, 5) is 32.0. The van der Waals surface area contributed by atoms with E-state index in [0.29, 0.717) is 19.5 Å². The number of ether oxygens (including phenoxy) is 2. The monoisotopic (exact) mass is 486 g/mol. The van der Waals surface area contributed by atoms with E-state index in [1.165, 1.54) is 11.8 Å². The molecule has 184 valence electrons. The van der Waals surface area contributed by atoms with Crippen LogP contribution in [-0.4, -0.2) is 72.6 Å². The second-order valence-corrected chi connectivity index (χ2v) is 9.60. The Balaban J connectivity index is 1.29. The summed E-state index contributed by atoms with van der Waals surface area (Å²) in [7, 11) is 1.65. The number of methoxy groups -OCH3 is 1. The average molecular weight is 487 g/mol. The first-order chi connectivity index (χ1) is 16.7. The van der Waals surface area contributed by atoms with E-state index in [9.17, 15) is 9.59 Å². The molecule has 4 rings (SSSR count). The van der Waals surface area contributed by atoms with Crippen LogP contribution in [0.2, 0.25) is 0 Å². The van der Waals surface area contributed by atoms with Gasteiger partial charge in [-0.25, -0.2) is 4.79 Å². The largest absolute Gasteiger partial charge is 0.496 e. The van der Waals surface area contributed by atoms with Crippen molar-refractivity contribution in [2.75, 3.05) is 52.3 Å². The quantitative estimate of drug-likeness (QED) is 0.384. The number of benzene rings is 1. The lowest BCUT2D eigenvalue weighted by Gasteiger charge is -2.26. The number of hydrogen-bond donors (Lipinski definition) is 1. The van der Waals surface area contributed by atoms with Crippen molar-refractivity contribution in [1.82, 2.24) is 19.8 Å². The van der Waals surface area contributed by atoms with Gasteiger partial charge in [0, 0.05) is 44.0 Å². The molecule has 1 aliphatic heterocycles. The van der Waals surface area contributed by atoms with Crippen LogP contribution in [0.3, 0.4) is 0 Å². The Bertz CT molecular complexity index is 1040. The number of hydrogen-bond acceptors (Lipinski definition) is 7. The lowest BCUT2D eigenvalue weighted by molar-refractivity contribution is -0.118. The Morgan fingerprint density at radius 1 is 1.21 bits per heavy atom. The number of rotatable bonds is 11. The summed E-state index contributed by atoms with van der Waals surface area (Å²) >= 11 is 1.37. The second-order valence-electron chi connectivity index (χ2n) is 8.64. The van der Waals surface area contributed by atoms with Gasteiger partial charge in [0.25, 0.3) is 0 Å². The van der Waals surface area contributed by atoms with Gasteiger partial charge in [-0.1, -0.05) is 30.0 Å². The van der Waals surface area contributed by atoms with Crippen LogP contribution in [0.1, 0.15) is 29.7 Å². The number of nitrogens with zero attached hydrogens (tertiary/aromatic N) is 3. The smallest absolute Gasteiger partial charge is 0.348 e. The first-order valence-electron chi connectivity index (χ1n) is 12.1. The molecule has 2 heterocycles. The molecule has 2 aliphatic rings. The molecule has 1 aromatic carbocycles. The van der Waals surface area contributed by atoms with E-state index >= 15 is 0 Å². The first-order valence-corrected chi connectivity index (χ1v) is 13.1. The summed E-state index contributed by atoms with van der Waals surface area (Å²) in [5.74, 6) is 1.03. The standard InChI is InChI=1S/C25H34N4O4S/c1-32-22-9-3-2-6-19(22)10-11-26-23(30)18-34-24-20-7-4-8-21(20)29(25(31)27-24)13-5-12-28-14-16-33-17-15-28/h2-3,6,9H,4-5,7-8,10-18H2,1H3,(H,26,30). The summed E-state index contributed by atoms with van der Waals surface area (Å²) < 4.78 is 12.6. The zero-order valence-electron chi connectivity index (χ0n) is 19.9. The van der Waals surface area contributed by atoms with Crippen LogP contribution in [0.25, 0.3) is 0 Å². The summed E-state index contributed by atoms with van der Waals surface area (Å²) in [6.07, 6.45) is 4.49. The fraction of sp³-hybridized carbons (Fsp3) is 0.560. The van der Waals surface area contributed by atoms with Gasteiger partial charge in [0.2, 0.25) is 5.91 Å². The van der Waals surface area contributed by atoms with Crippen LogP contribution >= 0.6 is 11.8 Å². The number of carbonyl (C=O) groups excluding carboxylic acids is 1. The number of fused-ring (bicyclic) bond motifs is 1. The van der Waals surface area contributed by atoms with Gasteiger partial charge >= 0.3 is 5.69 Å². The van der Waals surface area contributed by atoms with E-state index < -0.39 is 0 Å². The molecular formula is C25H34N4O4S. The maximum absolute atomic E-state index is 12.8. The summed E-state index contributed by atoms with van der Waals surface area (Å²) in [6, 6.07) is 7.82. The molecule has 1 N–H and O–H groups in total. The summed E-state index contributed by atoms with van der Waals surface area (Å²) in [5.41, 5.74) is 3.13. The summed E-state index contributed by atoms with van der Waals surface area (Å²) in [5, 5.41) is 3.69. The molecule has 1 amide bonds. The van der Waals surface area contributed by atoms with E-state index in [0.717, 1.165) is 86.1 Å². The zero-order chi connectivity index (χ0) is 23.8. The highest BCUT2D eigenvalue weighted by atomic mass is 32.2. The van der Waals surface area contributed by atoms with Gasteiger partial charge in [-0.3, -0.25) is 14.3 Å². The average Bonchev–Trinajstić information content (AvgIpc) is 3.35. The third kappa shape index (κ3) is 6.40. The predicted octanol–water partition coefficient (Wildman–Crippen LogP) is 1.91. The van der Waals surface area contributed by atoms with E-state index in [1.54, 1.807) is 7.11 Å². The molecule has 0 radical (unpaired) electrons. The molecule has 1 aromatic heterocycles. The van der Waals surface area contributed by atoms with Gasteiger partial charge in [0.15, 0.2) is 0 Å². The van der Waals surface area contributed by atoms with Crippen molar-refractivity contribution in [2.45, 2.75) is 43.7 Å². The number of thioether (sulfide) groups is 1. The van der Waals surface area contributed by atoms with E-state index in [1.807, 2.05) is 28.8 Å². The molecule has 8 nitrogen and oxygen atoms in total. The van der Waals surface area contributed by atoms with Crippen LogP contribution in [0, 0.1) is 0 Å². The van der Waals surface area contributed by atoms with Crippen molar-refractivity contribution < 1.29 is 14.3 Å². The predicted molar refractivity (Wildman–Crippen MR) is 133 cm³/mol. The molecule has 9 heteroatoms. The van der Waals surface area contributed by atoms with Gasteiger partial charge in [-0.2, -0.15) is 4.98 Å². The normalized spacial score (nSPS) is 15.8. The molecule has 1 aliphatic carbocycles. The number of para-hydroxylation sites is 1. The molecule has 0 saturated carbocycles. The highest BCUT2D eigenvalue weighted by Crippen LogP contribution is 2.29. The van der Waals surface area contributed by atoms with Crippen LogP contribution in [-0.2, 0) is 35.3 Å². The highest BCUT2D eigenvalue weighted by Gasteiger charge is 2.22. The van der Waals surface area contributed by atoms with E-state index in [-0.39, 0.29) is 17.3 Å². The zero-order valence-corrected chi connectivity index (χ0v) is 20.7. The van der Waals surface area contributed by atoms with Crippen molar-refractivity contribution in [1.29, 1.82) is 0 Å². The molecule has 1 fully saturated rings. The van der Waals surface area contributed by atoms with Crippen molar-refractivity contribution >= 4 is 17.7 Å². The SMILES string of the molecule is COc1ccccc1CCNC(=O)CSc1nc(=O)n(CCCN2CCOCC2)c2c1CCC2. The second kappa shape index (κ2) is 12.4. The Labute approximate surface area is 205 Å². The van der Waals surface area contributed by atoms with Crippen LogP contribution in [0.5, 0.6) is 5.75 Å². The van der Waals surface area contributed by atoms with Crippen molar-refractivity contribution in [3.63, 3.8) is 0 Å². The highest BCUT2D eigenvalue weighted by molar-refractivity contribution is 7.99. The third-order valence-electron chi connectivity index (χ3n) is 6.41. The minimum Gasteiger partial charge on any atom is -0.496 e. The van der Waals surface area contributed by atoms with Gasteiger partial charge in [-0.15, -0.1) is 0 Å². The first kappa shape index (κ1) is 24.8. The number of aromatic nitrogens is 2. The van der Waals surface area contributed by atoms with Crippen LogP contribution in [0.15, 0.2) is 34.1 Å². The third-order valence-corrected chi connectivity index (χ3v) is 7.43. The Kier molecular flexibility index (Phi) is 9.01. The fourth-order valence-electron chi connectivity index (χ4n) is 4.64. The lowest BCUT2D eigenvalue weighted by atomic mass is 10.1. The summed E-state index contributed by atoms with van der Waals surface area (Å²) in [6.45, 7) is 5.70. The Morgan fingerprint density at radius 2 is 2.03 bits per heavy atom. The lowest BCUT2D eigenvalue weighted by Crippen LogP contribution is -2.37. The number of nitrogens with one attached hydrogen (secondary N) is 1. The van der Waals surface area contributed by atoms with Gasteiger partial charge in [-0.05, 0) is 43.7 Å². The number of morpholine rings is 1. The molecule has 0 unspecified atom stereocenters. The minimum atomic E-state index is -0.193. The van der Waals surface area contributed by atoms with Gasteiger partial charge < -0.3 is 14.8 Å². The van der Waals surface area contributed by atoms with Gasteiger partial charge in [0.05, 0.1) is 26.1 Å². The number of carbonyl (C=O) groups is 1. The van der Waals surface area contributed by atoms with Crippen LogP contribution in [0.4, 0.5) is 0 Å². The molecule has 0 atom stereocenters. The molecule has 0 spiro atoms. The molecular weight excluding hydrogens is 452 g/mol. The number of amides is 1. The van der Waals surface area contributed by atoms with Crippen molar-refractivity contribution in [2.24, 2.45) is 0 Å². The topological polar surface area (TPSA) is 85.7 Å². The molecule has 0 bridgehead atoms. The maximum Gasteiger partial charge on any atom is 0.348 e.